The lowest BCUT2D eigenvalue weighted by atomic mass is 9.88. The van der Waals surface area contributed by atoms with Gasteiger partial charge in [-0.05, 0) is 36.8 Å². The number of pyridine rings is 1. The van der Waals surface area contributed by atoms with Gasteiger partial charge in [-0.25, -0.2) is 0 Å². The molecule has 0 radical (unpaired) electrons. The molecule has 0 fully saturated rings. The van der Waals surface area contributed by atoms with Crippen LogP contribution in [0.1, 0.15) is 65.5 Å². The van der Waals surface area contributed by atoms with Gasteiger partial charge >= 0.3 is 0 Å². The van der Waals surface area contributed by atoms with Crippen molar-refractivity contribution in [2.75, 3.05) is 0 Å². The van der Waals surface area contributed by atoms with Gasteiger partial charge in [-0.2, -0.15) is 0 Å². The van der Waals surface area contributed by atoms with Crippen molar-refractivity contribution in [1.29, 1.82) is 0 Å². The number of rotatable bonds is 8. The summed E-state index contributed by atoms with van der Waals surface area (Å²) in [5, 5.41) is 3.01. The van der Waals surface area contributed by atoms with E-state index in [-0.39, 0.29) is 11.8 Å². The Morgan fingerprint density at radius 3 is 2.62 bits per heavy atom. The summed E-state index contributed by atoms with van der Waals surface area (Å²) in [6.45, 7) is 9.42. The van der Waals surface area contributed by atoms with Gasteiger partial charge in [-0.1, -0.05) is 46.6 Å². The van der Waals surface area contributed by atoms with Crippen molar-refractivity contribution in [2.45, 2.75) is 66.3 Å². The second-order valence-corrected chi connectivity index (χ2v) is 6.95. The highest BCUT2D eigenvalue weighted by Crippen LogP contribution is 2.23. The number of carbonyl (C=O) groups is 1. The van der Waals surface area contributed by atoms with E-state index in [9.17, 15) is 4.79 Å². The largest absolute Gasteiger partial charge is 0.350 e. The van der Waals surface area contributed by atoms with Crippen LogP contribution in [0, 0.1) is 11.3 Å². The van der Waals surface area contributed by atoms with Gasteiger partial charge in [0.1, 0.15) is 0 Å². The van der Waals surface area contributed by atoms with E-state index in [0.717, 1.165) is 25.0 Å². The highest BCUT2D eigenvalue weighted by molar-refractivity contribution is 5.78. The number of hydrogen-bond acceptors (Lipinski definition) is 2. The van der Waals surface area contributed by atoms with Crippen molar-refractivity contribution in [2.24, 2.45) is 11.3 Å². The molecule has 1 amide bonds. The maximum Gasteiger partial charge on any atom is 0.223 e. The monoisotopic (exact) mass is 290 g/mol. The Labute approximate surface area is 129 Å². The number of carbonyl (C=O) groups excluding carboxylic acids is 1. The van der Waals surface area contributed by atoms with Crippen molar-refractivity contribution in [3.05, 3.63) is 30.1 Å². The summed E-state index contributed by atoms with van der Waals surface area (Å²) < 4.78 is 0. The Kier molecular flexibility index (Phi) is 7.41. The fraction of sp³-hybridized carbons (Fsp3) is 0.667. The molecule has 0 aliphatic heterocycles. The third-order valence-corrected chi connectivity index (χ3v) is 3.76. The second kappa shape index (κ2) is 8.81. The van der Waals surface area contributed by atoms with E-state index in [1.807, 2.05) is 18.2 Å². The quantitative estimate of drug-likeness (QED) is 0.724. The molecule has 0 bridgehead atoms. The molecule has 1 N–H and O–H groups in total. The van der Waals surface area contributed by atoms with E-state index in [4.69, 9.17) is 0 Å². The van der Waals surface area contributed by atoms with E-state index in [0.29, 0.717) is 12.0 Å². The number of nitrogens with zero attached hydrogens (tertiary/aromatic N) is 1. The Morgan fingerprint density at radius 2 is 2.05 bits per heavy atom. The molecule has 1 atom stereocenters. The van der Waals surface area contributed by atoms with Gasteiger partial charge in [-0.3, -0.25) is 9.78 Å². The van der Waals surface area contributed by atoms with Gasteiger partial charge in [0.15, 0.2) is 0 Å². The Balaban J connectivity index is 2.29. The second-order valence-electron chi connectivity index (χ2n) is 6.95. The van der Waals surface area contributed by atoms with E-state index in [1.54, 1.807) is 6.20 Å². The minimum Gasteiger partial charge on any atom is -0.350 e. The molecule has 1 rings (SSSR count). The molecule has 0 aliphatic rings. The van der Waals surface area contributed by atoms with E-state index in [2.05, 4.69) is 38.0 Å². The zero-order valence-electron chi connectivity index (χ0n) is 14.0. The fourth-order valence-electron chi connectivity index (χ4n) is 2.39. The molecule has 3 nitrogen and oxygen atoms in total. The Morgan fingerprint density at radius 1 is 1.29 bits per heavy atom. The average Bonchev–Trinajstić information content (AvgIpc) is 2.45. The zero-order valence-corrected chi connectivity index (χ0v) is 14.0. The third kappa shape index (κ3) is 7.84. The maximum absolute atomic E-state index is 12.2. The van der Waals surface area contributed by atoms with E-state index in [1.165, 1.54) is 12.8 Å². The standard InChI is InChI=1S/C18H30N2O/c1-5-15(10-6-8-12-18(2,3)4)17(21)20-14-16-11-7-9-13-19-16/h7,9,11,13,15H,5-6,8,10,12,14H2,1-4H3,(H,20,21). The van der Waals surface area contributed by atoms with Crippen LogP contribution < -0.4 is 5.32 Å². The maximum atomic E-state index is 12.2. The van der Waals surface area contributed by atoms with Crippen LogP contribution in [0.15, 0.2) is 24.4 Å². The molecule has 21 heavy (non-hydrogen) atoms. The summed E-state index contributed by atoms with van der Waals surface area (Å²) in [4.78, 5) is 16.4. The molecule has 118 valence electrons. The van der Waals surface area contributed by atoms with Gasteiger partial charge in [0, 0.05) is 12.1 Å². The lowest BCUT2D eigenvalue weighted by Gasteiger charge is -2.19. The summed E-state index contributed by atoms with van der Waals surface area (Å²) in [6, 6.07) is 5.76. The van der Waals surface area contributed by atoms with Crippen LogP contribution in [-0.4, -0.2) is 10.9 Å². The van der Waals surface area contributed by atoms with Gasteiger partial charge in [0.2, 0.25) is 5.91 Å². The van der Waals surface area contributed by atoms with Crippen LogP contribution in [0.25, 0.3) is 0 Å². The van der Waals surface area contributed by atoms with E-state index >= 15 is 0 Å². The molecular weight excluding hydrogens is 260 g/mol. The molecule has 1 aromatic heterocycles. The summed E-state index contributed by atoms with van der Waals surface area (Å²) in [6.07, 6.45) is 7.20. The Bertz CT molecular complexity index is 409. The summed E-state index contributed by atoms with van der Waals surface area (Å²) in [5.74, 6) is 0.299. The molecule has 0 spiro atoms. The SMILES string of the molecule is CCC(CCCCC(C)(C)C)C(=O)NCc1ccccn1. The summed E-state index contributed by atoms with van der Waals surface area (Å²) >= 11 is 0. The smallest absolute Gasteiger partial charge is 0.223 e. The minimum atomic E-state index is 0.133. The minimum absolute atomic E-state index is 0.133. The molecule has 0 aromatic carbocycles. The van der Waals surface area contributed by atoms with Crippen LogP contribution in [-0.2, 0) is 11.3 Å². The molecule has 0 saturated heterocycles. The van der Waals surface area contributed by atoms with Gasteiger partial charge < -0.3 is 5.32 Å². The first-order chi connectivity index (χ1) is 9.92. The molecule has 0 aliphatic carbocycles. The number of unbranched alkanes of at least 4 members (excludes halogenated alkanes) is 1. The topological polar surface area (TPSA) is 42.0 Å². The van der Waals surface area contributed by atoms with Crippen LogP contribution in [0.3, 0.4) is 0 Å². The zero-order chi connectivity index (χ0) is 15.7. The molecule has 1 aromatic rings. The highest BCUT2D eigenvalue weighted by atomic mass is 16.1. The first-order valence-electron chi connectivity index (χ1n) is 8.10. The highest BCUT2D eigenvalue weighted by Gasteiger charge is 2.16. The number of amides is 1. The van der Waals surface area contributed by atoms with Crippen molar-refractivity contribution in [3.63, 3.8) is 0 Å². The molecular formula is C18H30N2O. The van der Waals surface area contributed by atoms with Crippen LogP contribution in [0.5, 0.6) is 0 Å². The molecule has 1 heterocycles. The number of hydrogen-bond donors (Lipinski definition) is 1. The first kappa shape index (κ1) is 17.7. The fourth-order valence-corrected chi connectivity index (χ4v) is 2.39. The summed E-state index contributed by atoms with van der Waals surface area (Å²) in [5.41, 5.74) is 1.30. The van der Waals surface area contributed by atoms with Crippen LogP contribution in [0.4, 0.5) is 0 Å². The lowest BCUT2D eigenvalue weighted by molar-refractivity contribution is -0.125. The predicted molar refractivity (Wildman–Crippen MR) is 87.8 cm³/mol. The number of nitrogens with one attached hydrogen (secondary N) is 1. The number of aromatic nitrogens is 1. The Hall–Kier alpha value is -1.38. The van der Waals surface area contributed by atoms with Crippen LogP contribution in [0.2, 0.25) is 0 Å². The molecule has 3 heteroatoms. The van der Waals surface area contributed by atoms with Crippen molar-refractivity contribution < 1.29 is 4.79 Å². The average molecular weight is 290 g/mol. The summed E-state index contributed by atoms with van der Waals surface area (Å²) in [7, 11) is 0. The predicted octanol–water partition coefficient (Wildman–Crippen LogP) is 4.33. The third-order valence-electron chi connectivity index (χ3n) is 3.76. The van der Waals surface area contributed by atoms with Crippen molar-refractivity contribution in [3.8, 4) is 0 Å². The first-order valence-corrected chi connectivity index (χ1v) is 8.10. The van der Waals surface area contributed by atoms with Gasteiger partial charge in [-0.15, -0.1) is 0 Å². The van der Waals surface area contributed by atoms with Crippen LogP contribution >= 0.6 is 0 Å². The molecule has 0 saturated carbocycles. The van der Waals surface area contributed by atoms with Crippen molar-refractivity contribution >= 4 is 5.91 Å². The van der Waals surface area contributed by atoms with E-state index < -0.39 is 0 Å². The normalized spacial score (nSPS) is 13.0. The van der Waals surface area contributed by atoms with Crippen molar-refractivity contribution in [1.82, 2.24) is 10.3 Å². The van der Waals surface area contributed by atoms with Gasteiger partial charge in [0.25, 0.3) is 0 Å². The lowest BCUT2D eigenvalue weighted by Crippen LogP contribution is -2.30. The van der Waals surface area contributed by atoms with Gasteiger partial charge in [0.05, 0.1) is 12.2 Å². The molecule has 1 unspecified atom stereocenters.